The first-order valence-corrected chi connectivity index (χ1v) is 10.4. The summed E-state index contributed by atoms with van der Waals surface area (Å²) in [5.74, 6) is 0. The molecule has 5 heteroatoms. The van der Waals surface area contributed by atoms with Crippen LogP contribution in [-0.2, 0) is 14.6 Å². The summed E-state index contributed by atoms with van der Waals surface area (Å²) in [6, 6.07) is 21.3. The molecule has 0 amide bonds. The molecule has 1 fully saturated rings. The Balaban J connectivity index is 2.06. The second-order valence-electron chi connectivity index (χ2n) is 6.92. The molecule has 2 atom stereocenters. The molecule has 0 spiro atoms. The van der Waals surface area contributed by atoms with Crippen molar-refractivity contribution in [2.24, 2.45) is 5.73 Å². The molecule has 0 saturated carbocycles. The number of unbranched alkanes of at least 4 members (excludes halogenated alkanes) is 1. The number of nitrogens with zero attached hydrogens (tertiary/aromatic N) is 1. The highest BCUT2D eigenvalue weighted by atomic mass is 31.1. The van der Waals surface area contributed by atoms with Crippen molar-refractivity contribution in [3.8, 4) is 0 Å². The number of benzene rings is 2. The van der Waals surface area contributed by atoms with E-state index in [-0.39, 0.29) is 11.6 Å². The lowest BCUT2D eigenvalue weighted by molar-refractivity contribution is 0.0120. The maximum atomic E-state index is 11.2. The van der Waals surface area contributed by atoms with Gasteiger partial charge in [0.25, 0.3) is 0 Å². The smallest absolute Gasteiger partial charge is 0.180 e. The van der Waals surface area contributed by atoms with Gasteiger partial charge < -0.3 is 10.3 Å². The fourth-order valence-electron chi connectivity index (χ4n) is 4.19. The minimum atomic E-state index is -1.19. The SMILES string of the molecule is NCCCCN1CCC(O[PH2]=O)CC1(c1ccccc1)c1ccccc1. The number of rotatable bonds is 8. The Morgan fingerprint density at radius 2 is 1.65 bits per heavy atom. The third-order valence-corrected chi connectivity index (χ3v) is 5.91. The summed E-state index contributed by atoms with van der Waals surface area (Å²) >= 11 is 0. The first kappa shape index (κ1) is 19.3. The van der Waals surface area contributed by atoms with Crippen molar-refractivity contribution in [1.29, 1.82) is 0 Å². The first-order chi connectivity index (χ1) is 12.8. The van der Waals surface area contributed by atoms with Crippen LogP contribution in [0.25, 0.3) is 0 Å². The van der Waals surface area contributed by atoms with Crippen LogP contribution in [0, 0.1) is 0 Å². The van der Waals surface area contributed by atoms with Crippen molar-refractivity contribution < 1.29 is 9.09 Å². The van der Waals surface area contributed by atoms with Gasteiger partial charge in [-0.25, -0.2) is 0 Å². The molecule has 0 aromatic heterocycles. The number of likely N-dealkylation sites (tertiary alicyclic amines) is 1. The van der Waals surface area contributed by atoms with Gasteiger partial charge in [0, 0.05) is 13.0 Å². The van der Waals surface area contributed by atoms with Crippen molar-refractivity contribution in [2.45, 2.75) is 37.3 Å². The highest BCUT2D eigenvalue weighted by molar-refractivity contribution is 7.17. The Morgan fingerprint density at radius 3 is 2.19 bits per heavy atom. The Kier molecular flexibility index (Phi) is 7.04. The fraction of sp³-hybridized carbons (Fsp3) is 0.429. The molecule has 0 aliphatic carbocycles. The van der Waals surface area contributed by atoms with E-state index < -0.39 is 8.69 Å². The normalized spacial score (nSPS) is 20.6. The predicted molar refractivity (Wildman–Crippen MR) is 108 cm³/mol. The molecule has 2 unspecified atom stereocenters. The molecule has 0 bridgehead atoms. The molecule has 1 aliphatic heterocycles. The van der Waals surface area contributed by atoms with Crippen molar-refractivity contribution >= 4 is 8.69 Å². The van der Waals surface area contributed by atoms with Gasteiger partial charge in [-0.3, -0.25) is 9.46 Å². The highest BCUT2D eigenvalue weighted by Crippen LogP contribution is 2.44. The van der Waals surface area contributed by atoms with Crippen molar-refractivity contribution in [2.75, 3.05) is 19.6 Å². The zero-order valence-electron chi connectivity index (χ0n) is 15.2. The quantitative estimate of drug-likeness (QED) is 0.565. The van der Waals surface area contributed by atoms with Crippen molar-refractivity contribution in [3.05, 3.63) is 71.8 Å². The average molecular weight is 372 g/mol. The molecule has 0 radical (unpaired) electrons. The molecule has 1 aliphatic rings. The Labute approximate surface area is 157 Å². The molecule has 3 rings (SSSR count). The minimum Gasteiger partial charge on any atom is -0.330 e. The van der Waals surface area contributed by atoms with Gasteiger partial charge in [-0.1, -0.05) is 60.7 Å². The van der Waals surface area contributed by atoms with E-state index in [1.165, 1.54) is 11.1 Å². The molecule has 1 saturated heterocycles. The van der Waals surface area contributed by atoms with Gasteiger partial charge in [0.15, 0.2) is 8.69 Å². The van der Waals surface area contributed by atoms with Crippen molar-refractivity contribution in [1.82, 2.24) is 4.90 Å². The van der Waals surface area contributed by atoms with Crippen LogP contribution in [-0.4, -0.2) is 30.6 Å². The maximum absolute atomic E-state index is 11.2. The summed E-state index contributed by atoms with van der Waals surface area (Å²) < 4.78 is 16.8. The van der Waals surface area contributed by atoms with Gasteiger partial charge in [-0.05, 0) is 43.5 Å². The first-order valence-electron chi connectivity index (χ1n) is 9.46. The summed E-state index contributed by atoms with van der Waals surface area (Å²) in [6.45, 7) is 2.65. The topological polar surface area (TPSA) is 55.6 Å². The average Bonchev–Trinajstić information content (AvgIpc) is 2.70. The maximum Gasteiger partial charge on any atom is 0.180 e. The van der Waals surface area contributed by atoms with Gasteiger partial charge in [0.2, 0.25) is 0 Å². The summed E-state index contributed by atoms with van der Waals surface area (Å²) in [7, 11) is -1.19. The van der Waals surface area contributed by atoms with Crippen LogP contribution in [0.15, 0.2) is 60.7 Å². The van der Waals surface area contributed by atoms with Gasteiger partial charge in [-0.2, -0.15) is 0 Å². The lowest BCUT2D eigenvalue weighted by atomic mass is 9.74. The minimum absolute atomic E-state index is 0.0219. The van der Waals surface area contributed by atoms with E-state index in [9.17, 15) is 4.57 Å². The molecular formula is C21H29N2O2P. The van der Waals surface area contributed by atoms with Crippen LogP contribution in [0.2, 0.25) is 0 Å². The molecular weight excluding hydrogens is 343 g/mol. The second-order valence-corrected chi connectivity index (χ2v) is 7.39. The van der Waals surface area contributed by atoms with E-state index in [4.69, 9.17) is 10.3 Å². The summed E-state index contributed by atoms with van der Waals surface area (Å²) in [4.78, 5) is 2.58. The number of nitrogens with two attached hydrogens (primary N) is 1. The largest absolute Gasteiger partial charge is 0.330 e. The fourth-order valence-corrected chi connectivity index (χ4v) is 4.58. The van der Waals surface area contributed by atoms with Crippen molar-refractivity contribution in [3.63, 3.8) is 0 Å². The van der Waals surface area contributed by atoms with Gasteiger partial charge >= 0.3 is 0 Å². The molecule has 2 aromatic rings. The third-order valence-electron chi connectivity index (χ3n) is 5.42. The van der Waals surface area contributed by atoms with Crippen LogP contribution < -0.4 is 5.73 Å². The Bertz CT molecular complexity index is 641. The summed E-state index contributed by atoms with van der Waals surface area (Å²) in [5.41, 5.74) is 8.01. The van der Waals surface area contributed by atoms with Gasteiger partial charge in [0.05, 0.1) is 11.6 Å². The lowest BCUT2D eigenvalue weighted by Crippen LogP contribution is -2.54. The van der Waals surface area contributed by atoms with Crippen LogP contribution in [0.4, 0.5) is 0 Å². The lowest BCUT2D eigenvalue weighted by Gasteiger charge is -2.50. The monoisotopic (exact) mass is 372 g/mol. The zero-order chi connectivity index (χ0) is 18.2. The van der Waals surface area contributed by atoms with E-state index in [1.54, 1.807) is 0 Å². The highest BCUT2D eigenvalue weighted by Gasteiger charge is 2.45. The molecule has 4 nitrogen and oxygen atoms in total. The van der Waals surface area contributed by atoms with Crippen LogP contribution in [0.3, 0.4) is 0 Å². The molecule has 2 N–H and O–H groups in total. The van der Waals surface area contributed by atoms with E-state index in [0.29, 0.717) is 0 Å². The number of piperidine rings is 1. The molecule has 26 heavy (non-hydrogen) atoms. The van der Waals surface area contributed by atoms with Gasteiger partial charge in [0.1, 0.15) is 0 Å². The van der Waals surface area contributed by atoms with Crippen LogP contribution >= 0.6 is 8.69 Å². The van der Waals surface area contributed by atoms with E-state index in [0.717, 1.165) is 45.3 Å². The number of hydrogen-bond acceptors (Lipinski definition) is 4. The Morgan fingerprint density at radius 1 is 1.04 bits per heavy atom. The van der Waals surface area contributed by atoms with Gasteiger partial charge in [-0.15, -0.1) is 0 Å². The van der Waals surface area contributed by atoms with E-state index >= 15 is 0 Å². The second kappa shape index (κ2) is 9.48. The molecule has 1 heterocycles. The number of hydrogen-bond donors (Lipinski definition) is 1. The van der Waals surface area contributed by atoms with E-state index in [2.05, 4.69) is 65.6 Å². The molecule has 140 valence electrons. The van der Waals surface area contributed by atoms with E-state index in [1.807, 2.05) is 0 Å². The van der Waals surface area contributed by atoms with Crippen LogP contribution in [0.5, 0.6) is 0 Å². The van der Waals surface area contributed by atoms with Crippen LogP contribution in [0.1, 0.15) is 36.8 Å². The standard InChI is InChI=1S/C21H29N2O2P/c22-14-7-8-15-23-16-13-20(25-26-24)17-21(23,18-9-3-1-4-10-18)19-11-5-2-6-12-19/h1-6,9-12,20H,7-8,13-17,22,26H2. The summed E-state index contributed by atoms with van der Waals surface area (Å²) in [5, 5.41) is 0. The predicted octanol–water partition coefficient (Wildman–Crippen LogP) is 3.82. The summed E-state index contributed by atoms with van der Waals surface area (Å²) in [6.07, 6.45) is 3.86. The molecule has 2 aromatic carbocycles. The Hall–Kier alpha value is -1.45. The zero-order valence-corrected chi connectivity index (χ0v) is 16.4. The third kappa shape index (κ3) is 4.10.